The van der Waals surface area contributed by atoms with Crippen molar-refractivity contribution in [2.24, 2.45) is 17.1 Å². The number of nitrogens with two attached hydrogens (primary N) is 1. The van der Waals surface area contributed by atoms with Crippen LogP contribution >= 0.6 is 0 Å². The number of halogens is 2. The molecule has 2 unspecified atom stereocenters. The van der Waals surface area contributed by atoms with Crippen molar-refractivity contribution in [3.8, 4) is 11.3 Å². The summed E-state index contributed by atoms with van der Waals surface area (Å²) in [5.41, 5.74) is 3.42. The summed E-state index contributed by atoms with van der Waals surface area (Å²) in [6, 6.07) is 6.66. The lowest BCUT2D eigenvalue weighted by Gasteiger charge is -2.30. The van der Waals surface area contributed by atoms with Crippen LogP contribution in [0.3, 0.4) is 0 Å². The highest BCUT2D eigenvalue weighted by Gasteiger charge is 2.58. The summed E-state index contributed by atoms with van der Waals surface area (Å²) >= 11 is 0. The highest BCUT2D eigenvalue weighted by Crippen LogP contribution is 2.60. The van der Waals surface area contributed by atoms with Crippen molar-refractivity contribution in [3.63, 3.8) is 0 Å². The van der Waals surface area contributed by atoms with E-state index in [4.69, 9.17) is 5.73 Å². The Hall–Kier alpha value is -1.89. The van der Waals surface area contributed by atoms with Crippen molar-refractivity contribution in [2.45, 2.75) is 45.3 Å². The minimum atomic E-state index is -1.49. The lowest BCUT2D eigenvalue weighted by molar-refractivity contribution is 0.00553. The smallest absolute Gasteiger partial charge is 0.155 e. The van der Waals surface area contributed by atoms with Gasteiger partial charge < -0.3 is 15.9 Å². The maximum atomic E-state index is 15.2. The SMILES string of the molecule is CC(C)(O)c1cc(C(O)(CN)C2CC2(C)C)nc(-c2ccc(F)cc2)c1F. The van der Waals surface area contributed by atoms with Crippen LogP contribution in [0.1, 0.15) is 45.4 Å². The van der Waals surface area contributed by atoms with Gasteiger partial charge in [0.25, 0.3) is 0 Å². The number of aliphatic hydroxyl groups is 2. The fraction of sp³-hybridized carbons (Fsp3) is 0.476. The molecule has 4 nitrogen and oxygen atoms in total. The van der Waals surface area contributed by atoms with Crippen LogP contribution in [0.4, 0.5) is 8.78 Å². The quantitative estimate of drug-likeness (QED) is 0.747. The maximum absolute atomic E-state index is 15.2. The molecule has 2 atom stereocenters. The van der Waals surface area contributed by atoms with E-state index in [-0.39, 0.29) is 34.8 Å². The summed E-state index contributed by atoms with van der Waals surface area (Å²) in [6.45, 7) is 6.91. The fourth-order valence-corrected chi connectivity index (χ4v) is 3.70. The Kier molecular flexibility index (Phi) is 4.65. The first kappa shape index (κ1) is 19.9. The number of benzene rings is 1. The van der Waals surface area contributed by atoms with Crippen LogP contribution in [-0.2, 0) is 11.2 Å². The van der Waals surface area contributed by atoms with E-state index in [1.165, 1.54) is 44.2 Å². The standard InChI is InChI=1S/C21H26F2N2O2/c1-19(2)10-15(19)21(27,11-24)16-9-14(20(3,4)26)17(23)18(25-16)12-5-7-13(22)8-6-12/h5-9,15,26-27H,10-11,24H2,1-4H3. The summed E-state index contributed by atoms with van der Waals surface area (Å²) in [5.74, 6) is -1.27. The van der Waals surface area contributed by atoms with Gasteiger partial charge in [-0.25, -0.2) is 13.8 Å². The molecule has 1 aromatic carbocycles. The Balaban J connectivity index is 2.23. The first-order valence-electron chi connectivity index (χ1n) is 9.02. The van der Waals surface area contributed by atoms with E-state index < -0.39 is 22.8 Å². The number of aromatic nitrogens is 1. The first-order chi connectivity index (χ1) is 12.4. The zero-order valence-corrected chi connectivity index (χ0v) is 16.1. The first-order valence-corrected chi connectivity index (χ1v) is 9.02. The van der Waals surface area contributed by atoms with Crippen LogP contribution in [0, 0.1) is 23.0 Å². The van der Waals surface area contributed by atoms with Crippen molar-refractivity contribution in [1.82, 2.24) is 4.98 Å². The van der Waals surface area contributed by atoms with Crippen LogP contribution in [0.25, 0.3) is 11.3 Å². The van der Waals surface area contributed by atoms with Gasteiger partial charge in [0.1, 0.15) is 17.1 Å². The zero-order chi connectivity index (χ0) is 20.2. The van der Waals surface area contributed by atoms with Crippen molar-refractivity contribution in [3.05, 3.63) is 53.2 Å². The third-order valence-corrected chi connectivity index (χ3v) is 5.58. The summed E-state index contributed by atoms with van der Waals surface area (Å²) in [6.07, 6.45) is 0.767. The summed E-state index contributed by atoms with van der Waals surface area (Å²) in [4.78, 5) is 4.38. The van der Waals surface area contributed by atoms with Crippen LogP contribution in [0.15, 0.2) is 30.3 Å². The molecule has 1 aliphatic carbocycles. The molecule has 1 fully saturated rings. The molecule has 146 valence electrons. The van der Waals surface area contributed by atoms with E-state index in [1.54, 1.807) is 0 Å². The Morgan fingerprint density at radius 3 is 2.19 bits per heavy atom. The highest BCUT2D eigenvalue weighted by molar-refractivity contribution is 5.62. The number of pyridine rings is 1. The van der Waals surface area contributed by atoms with E-state index in [0.717, 1.165) is 6.42 Å². The monoisotopic (exact) mass is 376 g/mol. The topological polar surface area (TPSA) is 79.4 Å². The van der Waals surface area contributed by atoms with Gasteiger partial charge in [0.15, 0.2) is 5.82 Å². The van der Waals surface area contributed by atoms with E-state index in [9.17, 15) is 14.6 Å². The minimum Gasteiger partial charge on any atom is -0.386 e. The van der Waals surface area contributed by atoms with Gasteiger partial charge in [-0.1, -0.05) is 13.8 Å². The highest BCUT2D eigenvalue weighted by atomic mass is 19.1. The van der Waals surface area contributed by atoms with Crippen LogP contribution in [0.5, 0.6) is 0 Å². The Morgan fingerprint density at radius 1 is 1.19 bits per heavy atom. The molecule has 1 aliphatic rings. The molecule has 0 bridgehead atoms. The number of hydrogen-bond donors (Lipinski definition) is 3. The van der Waals surface area contributed by atoms with Gasteiger partial charge in [0.2, 0.25) is 0 Å². The Morgan fingerprint density at radius 2 is 1.74 bits per heavy atom. The maximum Gasteiger partial charge on any atom is 0.155 e. The van der Waals surface area contributed by atoms with Crippen molar-refractivity contribution in [1.29, 1.82) is 0 Å². The average molecular weight is 376 g/mol. The molecule has 6 heteroatoms. The predicted molar refractivity (Wildman–Crippen MR) is 99.7 cm³/mol. The third kappa shape index (κ3) is 3.49. The second-order valence-electron chi connectivity index (χ2n) is 8.66. The molecule has 0 radical (unpaired) electrons. The third-order valence-electron chi connectivity index (χ3n) is 5.58. The van der Waals surface area contributed by atoms with Gasteiger partial charge in [0.05, 0.1) is 11.3 Å². The predicted octanol–water partition coefficient (Wildman–Crippen LogP) is 3.45. The summed E-state index contributed by atoms with van der Waals surface area (Å²) in [7, 11) is 0. The lowest BCUT2D eigenvalue weighted by atomic mass is 9.85. The fourth-order valence-electron chi connectivity index (χ4n) is 3.70. The largest absolute Gasteiger partial charge is 0.386 e. The zero-order valence-electron chi connectivity index (χ0n) is 16.1. The van der Waals surface area contributed by atoms with Gasteiger partial charge in [-0.3, -0.25) is 0 Å². The van der Waals surface area contributed by atoms with E-state index in [2.05, 4.69) is 4.98 Å². The molecule has 0 saturated heterocycles. The Labute approximate surface area is 158 Å². The van der Waals surface area contributed by atoms with Crippen LogP contribution in [-0.4, -0.2) is 21.7 Å². The molecule has 27 heavy (non-hydrogen) atoms. The molecule has 1 heterocycles. The van der Waals surface area contributed by atoms with Gasteiger partial charge in [-0.15, -0.1) is 0 Å². The average Bonchev–Trinajstić information content (AvgIpc) is 3.23. The normalized spacial score (nSPS) is 21.0. The summed E-state index contributed by atoms with van der Waals surface area (Å²) in [5, 5.41) is 21.8. The molecular formula is C21H26F2N2O2. The van der Waals surface area contributed by atoms with E-state index in [1.807, 2.05) is 13.8 Å². The van der Waals surface area contributed by atoms with Crippen molar-refractivity contribution in [2.75, 3.05) is 6.54 Å². The molecule has 1 aromatic heterocycles. The molecule has 2 aromatic rings. The van der Waals surface area contributed by atoms with Crippen molar-refractivity contribution < 1.29 is 19.0 Å². The van der Waals surface area contributed by atoms with Gasteiger partial charge in [-0.05, 0) is 56.0 Å². The van der Waals surface area contributed by atoms with Crippen LogP contribution in [0.2, 0.25) is 0 Å². The van der Waals surface area contributed by atoms with E-state index >= 15 is 4.39 Å². The summed E-state index contributed by atoms with van der Waals surface area (Å²) < 4.78 is 28.5. The van der Waals surface area contributed by atoms with Gasteiger partial charge >= 0.3 is 0 Å². The molecular weight excluding hydrogens is 350 g/mol. The molecule has 4 N–H and O–H groups in total. The molecule has 0 aliphatic heterocycles. The van der Waals surface area contributed by atoms with Gasteiger partial charge in [-0.2, -0.15) is 0 Å². The van der Waals surface area contributed by atoms with Crippen LogP contribution < -0.4 is 5.73 Å². The molecule has 0 spiro atoms. The van der Waals surface area contributed by atoms with Crippen molar-refractivity contribution >= 4 is 0 Å². The van der Waals surface area contributed by atoms with Gasteiger partial charge in [0, 0.05) is 23.6 Å². The molecule has 1 saturated carbocycles. The van der Waals surface area contributed by atoms with E-state index in [0.29, 0.717) is 5.56 Å². The number of rotatable bonds is 5. The Bertz CT molecular complexity index is 860. The second-order valence-corrected chi connectivity index (χ2v) is 8.66. The molecule has 0 amide bonds. The lowest BCUT2D eigenvalue weighted by Crippen LogP contribution is -2.40. The number of hydrogen-bond acceptors (Lipinski definition) is 4. The molecule has 3 rings (SSSR count). The number of nitrogens with zero attached hydrogens (tertiary/aromatic N) is 1. The second kappa shape index (κ2) is 6.33. The minimum absolute atomic E-state index is 0.0113.